The van der Waals surface area contributed by atoms with E-state index in [1.54, 1.807) is 12.1 Å². The second-order valence-electron chi connectivity index (χ2n) is 15.1. The van der Waals surface area contributed by atoms with Gasteiger partial charge in [0.1, 0.15) is 0 Å². The molecule has 0 aromatic heterocycles. The molecule has 0 radical (unpaired) electrons. The van der Waals surface area contributed by atoms with Crippen LogP contribution in [0.3, 0.4) is 0 Å². The van der Waals surface area contributed by atoms with E-state index in [4.69, 9.17) is 15.2 Å². The molecule has 0 aliphatic carbocycles. The molecule has 304 valence electrons. The highest BCUT2D eigenvalue weighted by Gasteiger charge is 2.34. The van der Waals surface area contributed by atoms with Crippen molar-refractivity contribution in [2.24, 2.45) is 0 Å². The maximum atomic E-state index is 12.8. The van der Waals surface area contributed by atoms with Gasteiger partial charge in [-0.15, -0.1) is 0 Å². The number of rotatable bonds is 18. The van der Waals surface area contributed by atoms with E-state index in [-0.39, 0.29) is 36.7 Å². The van der Waals surface area contributed by atoms with Gasteiger partial charge in [0.25, 0.3) is 0 Å². The monoisotopic (exact) mass is 784 g/mol. The lowest BCUT2D eigenvalue weighted by Gasteiger charge is -2.39. The van der Waals surface area contributed by atoms with Crippen LogP contribution in [0.5, 0.6) is 0 Å². The Kier molecular flexibility index (Phi) is 15.2. The zero-order valence-corrected chi connectivity index (χ0v) is 33.4. The number of ether oxygens (including phenoxy) is 2. The minimum Gasteiger partial charge on any atom is -0.397 e. The van der Waals surface area contributed by atoms with Crippen LogP contribution in [-0.2, 0) is 32.2 Å². The van der Waals surface area contributed by atoms with Crippen LogP contribution in [0.2, 0.25) is 0 Å². The Bertz CT molecular complexity index is 2060. The topological polar surface area (TPSA) is 146 Å². The Labute approximate surface area is 342 Å². The van der Waals surface area contributed by atoms with Gasteiger partial charge in [-0.3, -0.25) is 14.5 Å². The number of aliphatic hydroxyl groups excluding tert-OH is 2. The molecule has 1 aliphatic heterocycles. The van der Waals surface area contributed by atoms with Crippen LogP contribution in [0.1, 0.15) is 91.8 Å². The Hall–Kier alpha value is -5.36. The summed E-state index contributed by atoms with van der Waals surface area (Å²) in [7, 11) is 2.01. The summed E-state index contributed by atoms with van der Waals surface area (Å²) in [5.41, 5.74) is 13.7. The number of amides is 2. The number of unbranched alkanes of at least 4 members (excludes halogenated alkanes) is 2. The molecule has 6 N–H and O–H groups in total. The average Bonchev–Trinajstić information content (AvgIpc) is 3.26. The molecule has 10 nitrogen and oxygen atoms in total. The molecule has 58 heavy (non-hydrogen) atoms. The second-order valence-corrected chi connectivity index (χ2v) is 15.1. The largest absolute Gasteiger partial charge is 0.397 e. The number of nitrogens with one attached hydrogen (secondary N) is 2. The number of carbonyl (C=O) groups excluding carboxylic acids is 2. The Balaban J connectivity index is 1.05. The van der Waals surface area contributed by atoms with Crippen molar-refractivity contribution in [2.45, 2.75) is 89.2 Å². The lowest BCUT2D eigenvalue weighted by molar-refractivity contribution is -0.253. The van der Waals surface area contributed by atoms with Crippen molar-refractivity contribution in [1.29, 1.82) is 0 Å². The number of benzene rings is 5. The van der Waals surface area contributed by atoms with E-state index < -0.39 is 12.4 Å². The third-order valence-corrected chi connectivity index (χ3v) is 10.9. The van der Waals surface area contributed by atoms with Crippen molar-refractivity contribution in [3.63, 3.8) is 0 Å². The van der Waals surface area contributed by atoms with Gasteiger partial charge in [-0.1, -0.05) is 122 Å². The van der Waals surface area contributed by atoms with E-state index in [1.165, 1.54) is 0 Å². The van der Waals surface area contributed by atoms with E-state index in [2.05, 4.69) is 33.7 Å². The van der Waals surface area contributed by atoms with E-state index in [1.807, 2.05) is 111 Å². The summed E-state index contributed by atoms with van der Waals surface area (Å²) in [4.78, 5) is 27.2. The number of nitrogen functional groups attached to an aromatic ring is 1. The second kappa shape index (κ2) is 20.9. The molecule has 1 fully saturated rings. The summed E-state index contributed by atoms with van der Waals surface area (Å²) < 4.78 is 13.3. The first-order valence-electron chi connectivity index (χ1n) is 20.2. The first-order chi connectivity index (χ1) is 28.2. The fourth-order valence-corrected chi connectivity index (χ4v) is 7.32. The molecule has 5 unspecified atom stereocenters. The number of nitrogens with two attached hydrogens (primary N) is 1. The molecule has 5 aromatic rings. The number of likely N-dealkylation sites (N-methyl/N-ethyl adjacent to an activating group) is 1. The Morgan fingerprint density at radius 1 is 0.793 bits per heavy atom. The maximum absolute atomic E-state index is 12.8. The molecule has 0 bridgehead atoms. The van der Waals surface area contributed by atoms with Crippen molar-refractivity contribution < 1.29 is 29.3 Å². The average molecular weight is 785 g/mol. The molecule has 6 rings (SSSR count). The van der Waals surface area contributed by atoms with Gasteiger partial charge < -0.3 is 36.1 Å². The van der Waals surface area contributed by atoms with Crippen LogP contribution in [0.25, 0.3) is 11.1 Å². The fourth-order valence-electron chi connectivity index (χ4n) is 7.32. The van der Waals surface area contributed by atoms with Gasteiger partial charge >= 0.3 is 0 Å². The quantitative estimate of drug-likeness (QED) is 0.0442. The standard InChI is InChI=1S/C48H56N4O6/c1-33(47(56)37-13-5-3-6-14-37)52(2)31-40-29-44(36-23-21-34(32-53)22-24-36)58-48(57-40)38-27-25-35(26-28-38)41-16-10-9-15-39(41)30-50-45(54)19-7-4-8-20-46(55)51-43-18-12-11-17-42(43)49/h3,5-6,9-18,21-28,33,40,44,47-48,53,56H,4,7-8,19-20,29-32,49H2,1-2H3,(H,50,54)(H,51,55). The predicted molar refractivity (Wildman–Crippen MR) is 228 cm³/mol. The summed E-state index contributed by atoms with van der Waals surface area (Å²) in [6.45, 7) is 2.99. The number of para-hydroxylation sites is 2. The molecule has 2 amide bonds. The van der Waals surface area contributed by atoms with Crippen molar-refractivity contribution in [3.05, 3.63) is 155 Å². The van der Waals surface area contributed by atoms with E-state index >= 15 is 0 Å². The first-order valence-corrected chi connectivity index (χ1v) is 20.2. The number of anilines is 2. The highest BCUT2D eigenvalue weighted by atomic mass is 16.7. The van der Waals surface area contributed by atoms with Crippen LogP contribution >= 0.6 is 0 Å². The minimum absolute atomic E-state index is 0.0238. The summed E-state index contributed by atoms with van der Waals surface area (Å²) >= 11 is 0. The van der Waals surface area contributed by atoms with Crippen molar-refractivity contribution in [1.82, 2.24) is 10.2 Å². The molecule has 5 aromatic carbocycles. The van der Waals surface area contributed by atoms with Crippen molar-refractivity contribution in [2.75, 3.05) is 24.6 Å². The SMILES string of the molecule is CC(C(O)c1ccccc1)N(C)CC1CC(c2ccc(CO)cc2)OC(c2ccc(-c3ccccc3CNC(=O)CCCCCC(=O)Nc3ccccc3N)cc2)O1. The summed E-state index contributed by atoms with van der Waals surface area (Å²) in [5.74, 6) is -0.110. The third kappa shape index (κ3) is 11.6. The number of hydrogen-bond donors (Lipinski definition) is 5. The maximum Gasteiger partial charge on any atom is 0.224 e. The van der Waals surface area contributed by atoms with E-state index in [0.29, 0.717) is 56.6 Å². The van der Waals surface area contributed by atoms with Crippen LogP contribution in [0.4, 0.5) is 11.4 Å². The number of hydrogen-bond acceptors (Lipinski definition) is 8. The van der Waals surface area contributed by atoms with Crippen LogP contribution in [0, 0.1) is 0 Å². The van der Waals surface area contributed by atoms with Gasteiger partial charge in [-0.05, 0) is 72.3 Å². The molecular formula is C48H56N4O6. The fraction of sp³-hybridized carbons (Fsp3) is 0.333. The number of aliphatic hydroxyl groups is 2. The molecule has 1 aliphatic rings. The highest BCUT2D eigenvalue weighted by Crippen LogP contribution is 2.39. The van der Waals surface area contributed by atoms with Crippen molar-refractivity contribution >= 4 is 23.2 Å². The summed E-state index contributed by atoms with van der Waals surface area (Å²) in [6.07, 6.45) is 1.87. The zero-order valence-electron chi connectivity index (χ0n) is 33.4. The van der Waals surface area contributed by atoms with Crippen LogP contribution in [-0.4, -0.2) is 52.7 Å². The number of nitrogens with zero attached hydrogens (tertiary/aromatic N) is 1. The van der Waals surface area contributed by atoms with E-state index in [9.17, 15) is 19.8 Å². The number of carbonyl (C=O) groups is 2. The molecule has 5 atom stereocenters. The van der Waals surface area contributed by atoms with Crippen LogP contribution < -0.4 is 16.4 Å². The minimum atomic E-state index is -0.648. The van der Waals surface area contributed by atoms with Gasteiger partial charge in [-0.25, -0.2) is 0 Å². The molecule has 0 saturated carbocycles. The Morgan fingerprint density at radius 3 is 2.17 bits per heavy atom. The normalized spacial score (nSPS) is 17.7. The lowest BCUT2D eigenvalue weighted by Crippen LogP contribution is -2.43. The molecule has 10 heteroatoms. The zero-order chi connectivity index (χ0) is 40.9. The lowest BCUT2D eigenvalue weighted by atomic mass is 9.97. The van der Waals surface area contributed by atoms with E-state index in [0.717, 1.165) is 45.4 Å². The van der Waals surface area contributed by atoms with Gasteiger partial charge in [0, 0.05) is 44.0 Å². The van der Waals surface area contributed by atoms with Gasteiger partial charge in [0.15, 0.2) is 6.29 Å². The third-order valence-electron chi connectivity index (χ3n) is 10.9. The molecule has 1 saturated heterocycles. The van der Waals surface area contributed by atoms with Crippen LogP contribution in [0.15, 0.2) is 127 Å². The molecular weight excluding hydrogens is 729 g/mol. The Morgan fingerprint density at radius 2 is 1.45 bits per heavy atom. The smallest absolute Gasteiger partial charge is 0.224 e. The summed E-state index contributed by atoms with van der Waals surface area (Å²) in [5, 5.41) is 26.7. The van der Waals surface area contributed by atoms with Gasteiger partial charge in [-0.2, -0.15) is 0 Å². The highest BCUT2D eigenvalue weighted by molar-refractivity contribution is 5.93. The first kappa shape index (κ1) is 42.3. The summed E-state index contributed by atoms with van der Waals surface area (Å²) in [6, 6.07) is 40.8. The molecule has 0 spiro atoms. The van der Waals surface area contributed by atoms with Gasteiger partial charge in [0.05, 0.1) is 36.3 Å². The predicted octanol–water partition coefficient (Wildman–Crippen LogP) is 8.23. The van der Waals surface area contributed by atoms with Crippen molar-refractivity contribution in [3.8, 4) is 11.1 Å². The van der Waals surface area contributed by atoms with Gasteiger partial charge in [0.2, 0.25) is 11.8 Å². The molecule has 1 heterocycles.